The Kier molecular flexibility index (Phi) is 4.48. The molecule has 0 radical (unpaired) electrons. The number of methoxy groups -OCH3 is 1. The third kappa shape index (κ3) is 3.10. The van der Waals surface area contributed by atoms with Gasteiger partial charge in [0.05, 0.1) is 25.8 Å². The number of nitrogens with one attached hydrogen (secondary N) is 1. The maximum Gasteiger partial charge on any atom is 0.222 e. The number of ether oxygens (including phenoxy) is 2. The van der Waals surface area contributed by atoms with Gasteiger partial charge in [-0.15, -0.1) is 0 Å². The zero-order valence-corrected chi connectivity index (χ0v) is 14.9. The Hall–Kier alpha value is -3.02. The standard InChI is InChI=1S/C20H22N4O2/c1-3-26-16-9-7-14(8-10-16)19-12-18(23-20-21-13-22-24(19)20)15-5-4-6-17(11-15)25-2/h4-11,13,18-19H,3,12H2,1-2H3,(H,21,22,23)/t18-,19+/m0/s1. The topological polar surface area (TPSA) is 61.2 Å². The van der Waals surface area contributed by atoms with Gasteiger partial charge in [-0.2, -0.15) is 10.1 Å². The molecule has 0 bridgehead atoms. The van der Waals surface area contributed by atoms with Crippen molar-refractivity contribution in [2.24, 2.45) is 0 Å². The van der Waals surface area contributed by atoms with Crippen molar-refractivity contribution < 1.29 is 9.47 Å². The first kappa shape index (κ1) is 16.4. The van der Waals surface area contributed by atoms with Gasteiger partial charge in [0.15, 0.2) is 0 Å². The van der Waals surface area contributed by atoms with Crippen molar-refractivity contribution in [3.05, 3.63) is 66.0 Å². The van der Waals surface area contributed by atoms with Crippen LogP contribution in [-0.4, -0.2) is 28.5 Å². The maximum atomic E-state index is 5.56. The van der Waals surface area contributed by atoms with Crippen LogP contribution in [0.5, 0.6) is 11.5 Å². The Labute approximate surface area is 152 Å². The average Bonchev–Trinajstić information content (AvgIpc) is 3.17. The van der Waals surface area contributed by atoms with Crippen molar-refractivity contribution in [3.63, 3.8) is 0 Å². The molecule has 1 aliphatic heterocycles. The molecular formula is C20H22N4O2. The first-order valence-corrected chi connectivity index (χ1v) is 8.81. The first-order chi connectivity index (χ1) is 12.8. The Bertz CT molecular complexity index is 876. The summed E-state index contributed by atoms with van der Waals surface area (Å²) in [5.41, 5.74) is 2.36. The molecule has 2 heterocycles. The highest BCUT2D eigenvalue weighted by Crippen LogP contribution is 2.38. The van der Waals surface area contributed by atoms with E-state index in [4.69, 9.17) is 9.47 Å². The van der Waals surface area contributed by atoms with Crippen LogP contribution >= 0.6 is 0 Å². The fourth-order valence-electron chi connectivity index (χ4n) is 3.43. The van der Waals surface area contributed by atoms with Crippen LogP contribution in [-0.2, 0) is 0 Å². The third-order valence-corrected chi connectivity index (χ3v) is 4.70. The summed E-state index contributed by atoms with van der Waals surface area (Å²) in [5, 5.41) is 7.91. The summed E-state index contributed by atoms with van der Waals surface area (Å²) in [7, 11) is 1.69. The summed E-state index contributed by atoms with van der Waals surface area (Å²) in [4.78, 5) is 4.38. The summed E-state index contributed by atoms with van der Waals surface area (Å²) >= 11 is 0. The minimum atomic E-state index is 0.112. The summed E-state index contributed by atoms with van der Waals surface area (Å²) in [5.74, 6) is 2.52. The number of rotatable bonds is 5. The van der Waals surface area contributed by atoms with Crippen molar-refractivity contribution in [1.29, 1.82) is 0 Å². The van der Waals surface area contributed by atoms with E-state index in [0.29, 0.717) is 6.61 Å². The zero-order chi connectivity index (χ0) is 17.9. The van der Waals surface area contributed by atoms with Crippen LogP contribution in [0.3, 0.4) is 0 Å². The second kappa shape index (κ2) is 7.07. The van der Waals surface area contributed by atoms with E-state index in [2.05, 4.69) is 39.7 Å². The Morgan fingerprint density at radius 2 is 1.96 bits per heavy atom. The van der Waals surface area contributed by atoms with Gasteiger partial charge >= 0.3 is 0 Å². The van der Waals surface area contributed by atoms with E-state index in [1.165, 1.54) is 11.1 Å². The van der Waals surface area contributed by atoms with E-state index in [1.54, 1.807) is 13.4 Å². The number of anilines is 1. The fourth-order valence-corrected chi connectivity index (χ4v) is 3.43. The molecule has 2 atom stereocenters. The Balaban J connectivity index is 1.66. The van der Waals surface area contributed by atoms with E-state index < -0.39 is 0 Å². The predicted octanol–water partition coefficient (Wildman–Crippen LogP) is 3.83. The summed E-state index contributed by atoms with van der Waals surface area (Å²) in [6.07, 6.45) is 2.47. The lowest BCUT2D eigenvalue weighted by Crippen LogP contribution is -2.28. The fraction of sp³-hybridized carbons (Fsp3) is 0.300. The second-order valence-corrected chi connectivity index (χ2v) is 6.26. The lowest BCUT2D eigenvalue weighted by atomic mass is 9.93. The van der Waals surface area contributed by atoms with E-state index in [-0.39, 0.29) is 12.1 Å². The highest BCUT2D eigenvalue weighted by Gasteiger charge is 2.30. The molecule has 134 valence electrons. The van der Waals surface area contributed by atoms with Crippen LogP contribution in [0.25, 0.3) is 0 Å². The number of benzene rings is 2. The molecule has 0 amide bonds. The van der Waals surface area contributed by atoms with Gasteiger partial charge in [-0.05, 0) is 48.7 Å². The Morgan fingerprint density at radius 3 is 2.73 bits per heavy atom. The summed E-state index contributed by atoms with van der Waals surface area (Å²) in [6.45, 7) is 2.65. The lowest BCUT2D eigenvalue weighted by Gasteiger charge is -2.32. The van der Waals surface area contributed by atoms with E-state index in [0.717, 1.165) is 23.9 Å². The highest BCUT2D eigenvalue weighted by molar-refractivity contribution is 5.41. The van der Waals surface area contributed by atoms with Crippen LogP contribution in [0.1, 0.15) is 36.6 Å². The van der Waals surface area contributed by atoms with Gasteiger partial charge in [-0.1, -0.05) is 24.3 Å². The predicted molar refractivity (Wildman–Crippen MR) is 99.7 cm³/mol. The summed E-state index contributed by atoms with van der Waals surface area (Å²) < 4.78 is 12.9. The molecule has 6 nitrogen and oxygen atoms in total. The van der Waals surface area contributed by atoms with Crippen molar-refractivity contribution in [2.45, 2.75) is 25.4 Å². The van der Waals surface area contributed by atoms with Crippen molar-refractivity contribution in [3.8, 4) is 11.5 Å². The van der Waals surface area contributed by atoms with Gasteiger partial charge in [0.2, 0.25) is 5.95 Å². The van der Waals surface area contributed by atoms with E-state index in [9.17, 15) is 0 Å². The number of hydrogen-bond acceptors (Lipinski definition) is 5. The third-order valence-electron chi connectivity index (χ3n) is 4.70. The summed E-state index contributed by atoms with van der Waals surface area (Å²) in [6, 6.07) is 16.6. The van der Waals surface area contributed by atoms with Crippen molar-refractivity contribution in [1.82, 2.24) is 14.8 Å². The van der Waals surface area contributed by atoms with Crippen LogP contribution in [0, 0.1) is 0 Å². The zero-order valence-electron chi connectivity index (χ0n) is 14.9. The SMILES string of the molecule is CCOc1ccc([C@H]2C[C@@H](c3cccc(OC)c3)Nc3ncnn32)cc1. The van der Waals surface area contributed by atoms with E-state index in [1.807, 2.05) is 35.9 Å². The van der Waals surface area contributed by atoms with Gasteiger partial charge in [-0.25, -0.2) is 4.68 Å². The number of aromatic nitrogens is 3. The molecule has 0 saturated carbocycles. The molecule has 0 saturated heterocycles. The quantitative estimate of drug-likeness (QED) is 0.758. The van der Waals surface area contributed by atoms with Gasteiger partial charge < -0.3 is 14.8 Å². The Morgan fingerprint density at radius 1 is 1.12 bits per heavy atom. The monoisotopic (exact) mass is 350 g/mol. The van der Waals surface area contributed by atoms with Gasteiger partial charge in [-0.3, -0.25) is 0 Å². The lowest BCUT2D eigenvalue weighted by molar-refractivity contribution is 0.340. The van der Waals surface area contributed by atoms with Crippen LogP contribution in [0.2, 0.25) is 0 Å². The minimum Gasteiger partial charge on any atom is -0.497 e. The number of fused-ring (bicyclic) bond motifs is 1. The molecule has 0 aliphatic carbocycles. The molecule has 0 fully saturated rings. The molecule has 2 aromatic carbocycles. The largest absolute Gasteiger partial charge is 0.497 e. The molecule has 1 N–H and O–H groups in total. The smallest absolute Gasteiger partial charge is 0.222 e. The van der Waals surface area contributed by atoms with Gasteiger partial charge in [0.1, 0.15) is 17.8 Å². The minimum absolute atomic E-state index is 0.112. The first-order valence-electron chi connectivity index (χ1n) is 8.81. The van der Waals surface area contributed by atoms with Crippen LogP contribution in [0.4, 0.5) is 5.95 Å². The second-order valence-electron chi connectivity index (χ2n) is 6.26. The molecule has 1 aromatic heterocycles. The van der Waals surface area contributed by atoms with Gasteiger partial charge in [0, 0.05) is 0 Å². The molecule has 1 aliphatic rings. The number of hydrogen-bond donors (Lipinski definition) is 1. The molecule has 0 unspecified atom stereocenters. The maximum absolute atomic E-state index is 5.56. The highest BCUT2D eigenvalue weighted by atomic mass is 16.5. The normalized spacial score (nSPS) is 18.7. The molecule has 6 heteroatoms. The van der Waals surface area contributed by atoms with E-state index >= 15 is 0 Å². The van der Waals surface area contributed by atoms with Crippen molar-refractivity contribution >= 4 is 5.95 Å². The molecule has 0 spiro atoms. The number of nitrogens with zero attached hydrogens (tertiary/aromatic N) is 3. The molecule has 26 heavy (non-hydrogen) atoms. The molecule has 4 rings (SSSR count). The molecule has 3 aromatic rings. The molecular weight excluding hydrogens is 328 g/mol. The van der Waals surface area contributed by atoms with Crippen molar-refractivity contribution in [2.75, 3.05) is 19.0 Å². The van der Waals surface area contributed by atoms with Gasteiger partial charge in [0.25, 0.3) is 0 Å². The average molecular weight is 350 g/mol. The van der Waals surface area contributed by atoms with Crippen LogP contribution in [0.15, 0.2) is 54.9 Å². The van der Waals surface area contributed by atoms with Crippen LogP contribution < -0.4 is 14.8 Å².